The van der Waals surface area contributed by atoms with Crippen molar-refractivity contribution >= 4 is 51.9 Å². The van der Waals surface area contributed by atoms with Crippen LogP contribution < -0.4 is 4.90 Å². The van der Waals surface area contributed by atoms with Crippen molar-refractivity contribution in [2.24, 2.45) is 0 Å². The van der Waals surface area contributed by atoms with Crippen LogP contribution in [0.4, 0.5) is 5.69 Å². The Morgan fingerprint density at radius 3 is 2.48 bits per heavy atom. The molecule has 0 saturated carbocycles. The van der Waals surface area contributed by atoms with Gasteiger partial charge in [-0.1, -0.05) is 36.1 Å². The van der Waals surface area contributed by atoms with Crippen LogP contribution in [0.25, 0.3) is 17.4 Å². The number of thiocarbonyl (C=S) groups is 1. The molecule has 0 radical (unpaired) electrons. The number of carbonyl (C=O) groups is 2. The molecule has 0 unspecified atom stereocenters. The summed E-state index contributed by atoms with van der Waals surface area (Å²) in [6.45, 7) is 5.90. The number of hydrogen-bond donors (Lipinski definition) is 1. The van der Waals surface area contributed by atoms with Crippen molar-refractivity contribution in [3.63, 3.8) is 0 Å². The molecule has 3 aromatic rings. The zero-order valence-electron chi connectivity index (χ0n) is 17.1. The van der Waals surface area contributed by atoms with E-state index in [9.17, 15) is 14.7 Å². The summed E-state index contributed by atoms with van der Waals surface area (Å²) >= 11 is 6.67. The fraction of sp³-hybridized carbons (Fsp3) is 0.125. The van der Waals surface area contributed by atoms with Gasteiger partial charge in [-0.15, -0.1) is 0 Å². The summed E-state index contributed by atoms with van der Waals surface area (Å²) in [7, 11) is 0. The standard InChI is InChI=1S/C24H19NO4S2/c1-13-5-7-17(10-15(13)3)25-22(26)21(31-24(25)30)12-18-8-9-20(29-18)19-11-16(23(27)28)6-4-14(19)2/h4-12H,1-3H3,(H,27,28)/b21-12-. The van der Waals surface area contributed by atoms with Gasteiger partial charge in [-0.3, -0.25) is 9.69 Å². The molecule has 1 fully saturated rings. The molecule has 1 aliphatic rings. The van der Waals surface area contributed by atoms with Crippen molar-refractivity contribution in [2.75, 3.05) is 4.90 Å². The number of thioether (sulfide) groups is 1. The number of furan rings is 1. The largest absolute Gasteiger partial charge is 0.478 e. The van der Waals surface area contributed by atoms with Crippen LogP contribution in [-0.2, 0) is 4.79 Å². The minimum absolute atomic E-state index is 0.188. The van der Waals surface area contributed by atoms with Gasteiger partial charge in [0.05, 0.1) is 16.2 Å². The first-order valence-corrected chi connectivity index (χ1v) is 10.8. The quantitative estimate of drug-likeness (QED) is 0.390. The second-order valence-corrected chi connectivity index (χ2v) is 9.00. The molecule has 0 atom stereocenters. The Morgan fingerprint density at radius 2 is 1.77 bits per heavy atom. The fourth-order valence-electron chi connectivity index (χ4n) is 3.28. The highest BCUT2D eigenvalue weighted by molar-refractivity contribution is 8.27. The van der Waals surface area contributed by atoms with Gasteiger partial charge >= 0.3 is 5.97 Å². The Kier molecular flexibility index (Phi) is 5.56. The summed E-state index contributed by atoms with van der Waals surface area (Å²) in [4.78, 5) is 26.3. The monoisotopic (exact) mass is 449 g/mol. The second-order valence-electron chi connectivity index (χ2n) is 7.32. The summed E-state index contributed by atoms with van der Waals surface area (Å²) in [5, 5.41) is 9.25. The fourth-order valence-corrected chi connectivity index (χ4v) is 4.56. The van der Waals surface area contributed by atoms with E-state index in [0.29, 0.717) is 26.3 Å². The molecule has 2 aromatic carbocycles. The second kappa shape index (κ2) is 8.17. The molecular weight excluding hydrogens is 430 g/mol. The summed E-state index contributed by atoms with van der Waals surface area (Å²) < 4.78 is 6.38. The van der Waals surface area contributed by atoms with Crippen LogP contribution in [0.15, 0.2) is 57.9 Å². The average Bonchev–Trinajstić information content (AvgIpc) is 3.29. The number of amides is 1. The lowest BCUT2D eigenvalue weighted by molar-refractivity contribution is -0.113. The Balaban J connectivity index is 1.63. The first-order valence-electron chi connectivity index (χ1n) is 9.54. The van der Waals surface area contributed by atoms with Gasteiger partial charge in [-0.2, -0.15) is 0 Å². The average molecular weight is 450 g/mol. The number of carboxylic acid groups (broad SMARTS) is 1. The topological polar surface area (TPSA) is 70.8 Å². The first kappa shape index (κ1) is 21.1. The van der Waals surface area contributed by atoms with Crippen LogP contribution in [0.2, 0.25) is 0 Å². The normalized spacial score (nSPS) is 15.2. The molecule has 1 amide bonds. The van der Waals surface area contributed by atoms with Gasteiger partial charge in [0.15, 0.2) is 4.32 Å². The molecule has 0 aliphatic carbocycles. The number of carboxylic acids is 1. The van der Waals surface area contributed by atoms with Gasteiger partial charge in [0.1, 0.15) is 11.5 Å². The van der Waals surface area contributed by atoms with E-state index >= 15 is 0 Å². The maximum absolute atomic E-state index is 13.0. The maximum Gasteiger partial charge on any atom is 0.335 e. The summed E-state index contributed by atoms with van der Waals surface area (Å²) in [6, 6.07) is 14.2. The lowest BCUT2D eigenvalue weighted by Crippen LogP contribution is -2.27. The highest BCUT2D eigenvalue weighted by atomic mass is 32.2. The Labute approximate surface area is 189 Å². The molecule has 1 saturated heterocycles. The Bertz CT molecular complexity index is 1270. The van der Waals surface area contributed by atoms with E-state index in [1.165, 1.54) is 16.7 Å². The third kappa shape index (κ3) is 4.06. The van der Waals surface area contributed by atoms with E-state index in [1.54, 1.807) is 36.4 Å². The summed E-state index contributed by atoms with van der Waals surface area (Å²) in [5.74, 6) is -0.157. The zero-order valence-corrected chi connectivity index (χ0v) is 18.8. The minimum atomic E-state index is -0.997. The third-order valence-electron chi connectivity index (χ3n) is 5.19. The van der Waals surface area contributed by atoms with E-state index in [2.05, 4.69) is 0 Å². The van der Waals surface area contributed by atoms with Gasteiger partial charge in [0.25, 0.3) is 5.91 Å². The molecule has 1 aliphatic heterocycles. The molecule has 1 aromatic heterocycles. The number of rotatable bonds is 4. The molecule has 0 spiro atoms. The van der Waals surface area contributed by atoms with Crippen LogP contribution in [0.3, 0.4) is 0 Å². The predicted molar refractivity (Wildman–Crippen MR) is 127 cm³/mol. The molecule has 1 N–H and O–H groups in total. The van der Waals surface area contributed by atoms with E-state index in [-0.39, 0.29) is 11.5 Å². The van der Waals surface area contributed by atoms with Gasteiger partial charge in [0, 0.05) is 11.6 Å². The van der Waals surface area contributed by atoms with E-state index in [1.807, 2.05) is 39.0 Å². The van der Waals surface area contributed by atoms with Crippen molar-refractivity contribution < 1.29 is 19.1 Å². The van der Waals surface area contributed by atoms with Crippen LogP contribution in [-0.4, -0.2) is 21.3 Å². The van der Waals surface area contributed by atoms with Gasteiger partial charge in [0.2, 0.25) is 0 Å². The van der Waals surface area contributed by atoms with Crippen LogP contribution in [0.1, 0.15) is 32.8 Å². The number of benzene rings is 2. The number of aromatic carboxylic acids is 1. The smallest absolute Gasteiger partial charge is 0.335 e. The van der Waals surface area contributed by atoms with Crippen LogP contribution >= 0.6 is 24.0 Å². The van der Waals surface area contributed by atoms with Crippen molar-refractivity contribution in [1.82, 2.24) is 0 Å². The highest BCUT2D eigenvalue weighted by Gasteiger charge is 2.33. The SMILES string of the molecule is Cc1ccc(N2C(=O)/C(=C/c3ccc(-c4cc(C(=O)O)ccc4C)o3)SC2=S)cc1C. The predicted octanol–water partition coefficient (Wildman–Crippen LogP) is 5.98. The molecule has 5 nitrogen and oxygen atoms in total. The van der Waals surface area contributed by atoms with Crippen molar-refractivity contribution in [2.45, 2.75) is 20.8 Å². The first-order chi connectivity index (χ1) is 14.7. The van der Waals surface area contributed by atoms with Gasteiger partial charge in [-0.05, 0) is 73.9 Å². The van der Waals surface area contributed by atoms with Crippen molar-refractivity contribution in [3.05, 3.63) is 81.5 Å². The van der Waals surface area contributed by atoms with Crippen LogP contribution in [0.5, 0.6) is 0 Å². The molecule has 0 bridgehead atoms. The molecule has 7 heteroatoms. The lowest BCUT2D eigenvalue weighted by Gasteiger charge is -2.15. The zero-order chi connectivity index (χ0) is 22.3. The van der Waals surface area contributed by atoms with E-state index in [0.717, 1.165) is 22.4 Å². The molecule has 2 heterocycles. The van der Waals surface area contributed by atoms with Gasteiger partial charge < -0.3 is 9.52 Å². The summed E-state index contributed by atoms with van der Waals surface area (Å²) in [5.41, 5.74) is 4.76. The minimum Gasteiger partial charge on any atom is -0.478 e. The van der Waals surface area contributed by atoms with E-state index in [4.69, 9.17) is 16.6 Å². The molecule has 156 valence electrons. The van der Waals surface area contributed by atoms with Gasteiger partial charge in [-0.25, -0.2) is 4.79 Å². The lowest BCUT2D eigenvalue weighted by atomic mass is 10.0. The number of anilines is 1. The van der Waals surface area contributed by atoms with Crippen molar-refractivity contribution in [1.29, 1.82) is 0 Å². The highest BCUT2D eigenvalue weighted by Crippen LogP contribution is 2.37. The molecular formula is C24H19NO4S2. The van der Waals surface area contributed by atoms with Crippen LogP contribution in [0, 0.1) is 20.8 Å². The Hall–Kier alpha value is -3.16. The Morgan fingerprint density at radius 1 is 1.03 bits per heavy atom. The number of hydrogen-bond acceptors (Lipinski definition) is 5. The van der Waals surface area contributed by atoms with Crippen molar-refractivity contribution in [3.8, 4) is 11.3 Å². The number of nitrogens with zero attached hydrogens (tertiary/aromatic N) is 1. The third-order valence-corrected chi connectivity index (χ3v) is 6.49. The maximum atomic E-state index is 13.0. The summed E-state index contributed by atoms with van der Waals surface area (Å²) in [6.07, 6.45) is 1.67. The van der Waals surface area contributed by atoms with E-state index < -0.39 is 5.97 Å². The number of carbonyl (C=O) groups excluding carboxylic acids is 1. The molecule has 31 heavy (non-hydrogen) atoms. The molecule has 4 rings (SSSR count). The number of aryl methyl sites for hydroxylation is 3.